The first kappa shape index (κ1) is 52.6. The third-order valence-corrected chi connectivity index (χ3v) is 8.27. The average Bonchev–Trinajstić information content (AvgIpc) is 3.17. The molecule has 0 bridgehead atoms. The van der Waals surface area contributed by atoms with Gasteiger partial charge in [-0.1, -0.05) is 12.1 Å². The minimum absolute atomic E-state index is 0.102. The van der Waals surface area contributed by atoms with E-state index in [1.54, 1.807) is 0 Å². The third-order valence-electron chi connectivity index (χ3n) is 8.27. The Morgan fingerprint density at radius 1 is 0.565 bits per heavy atom. The van der Waals surface area contributed by atoms with E-state index in [1.807, 2.05) is 26.6 Å². The Bertz CT molecular complexity index is 1840. The van der Waals surface area contributed by atoms with Crippen LogP contribution in [0.3, 0.4) is 0 Å². The second kappa shape index (κ2) is 25.9. The van der Waals surface area contributed by atoms with Crippen LogP contribution in [0.1, 0.15) is 51.0 Å². The second-order valence-corrected chi connectivity index (χ2v) is 13.5. The van der Waals surface area contributed by atoms with Gasteiger partial charge in [-0.2, -0.15) is 0 Å². The Hall–Kier alpha value is -7.42. The topological polar surface area (TPSA) is 462 Å². The van der Waals surface area contributed by atoms with Gasteiger partial charge in [0.2, 0.25) is 47.3 Å². The van der Waals surface area contributed by atoms with E-state index in [1.165, 1.54) is 31.2 Å². The van der Waals surface area contributed by atoms with E-state index in [0.717, 1.165) is 0 Å². The van der Waals surface area contributed by atoms with Crippen molar-refractivity contribution in [3.8, 4) is 5.75 Å². The summed E-state index contributed by atoms with van der Waals surface area (Å²) in [5.74, 6) is -15.9. The molecule has 17 N–H and O–H groups in total. The van der Waals surface area contributed by atoms with E-state index in [0.29, 0.717) is 5.56 Å². The van der Waals surface area contributed by atoms with E-state index >= 15 is 0 Å². The molecule has 62 heavy (non-hydrogen) atoms. The zero-order chi connectivity index (χ0) is 47.3. The minimum Gasteiger partial charge on any atom is -0.508 e. The van der Waals surface area contributed by atoms with Gasteiger partial charge in [-0.15, -0.1) is 0 Å². The van der Waals surface area contributed by atoms with Crippen LogP contribution in [0.4, 0.5) is 0 Å². The lowest BCUT2D eigenvalue weighted by atomic mass is 10.1. The molecular weight excluding hydrogens is 834 g/mol. The monoisotopic (exact) mass is 883 g/mol. The van der Waals surface area contributed by atoms with Crippen molar-refractivity contribution in [2.45, 2.75) is 94.2 Å². The highest BCUT2D eigenvalue weighted by atomic mass is 16.4. The maximum absolute atomic E-state index is 13.4. The molecule has 0 unspecified atom stereocenters. The summed E-state index contributed by atoms with van der Waals surface area (Å²) in [5.41, 5.74) is 11.1. The Kier molecular flexibility index (Phi) is 22.0. The van der Waals surface area contributed by atoms with Crippen LogP contribution < -0.4 is 48.7 Å². The molecule has 0 saturated heterocycles. The lowest BCUT2D eigenvalue weighted by Gasteiger charge is -2.26. The molecule has 0 saturated carbocycles. The normalized spacial score (nSPS) is 14.0. The average molecular weight is 884 g/mol. The summed E-state index contributed by atoms with van der Waals surface area (Å²) in [5, 5.41) is 71.0. The number of aliphatic hydroxyl groups is 1. The van der Waals surface area contributed by atoms with E-state index in [-0.39, 0.29) is 12.2 Å². The summed E-state index contributed by atoms with van der Waals surface area (Å²) in [7, 11) is 0. The van der Waals surface area contributed by atoms with Gasteiger partial charge in [-0.3, -0.25) is 52.7 Å². The van der Waals surface area contributed by atoms with Gasteiger partial charge in [0.1, 0.15) is 42.0 Å². The molecule has 0 radical (unpaired) electrons. The molecule has 8 amide bonds. The van der Waals surface area contributed by atoms with Crippen LogP contribution in [0.25, 0.3) is 0 Å². The van der Waals surface area contributed by atoms with E-state index in [4.69, 9.17) is 16.6 Å². The van der Waals surface area contributed by atoms with Crippen molar-refractivity contribution in [1.29, 1.82) is 0 Å². The van der Waals surface area contributed by atoms with Crippen LogP contribution in [-0.4, -0.2) is 157 Å². The first-order valence-corrected chi connectivity index (χ1v) is 18.3. The Balaban J connectivity index is 3.19. The number of aromatic hydroxyl groups is 1. The van der Waals surface area contributed by atoms with Crippen molar-refractivity contribution >= 4 is 71.1 Å². The first-order valence-electron chi connectivity index (χ1n) is 18.3. The maximum Gasteiger partial charge on any atom is 0.326 e. The molecule has 0 heterocycles. The number of primary amides is 1. The zero-order valence-electron chi connectivity index (χ0n) is 33.0. The smallest absolute Gasteiger partial charge is 0.326 e. The number of nitrogens with one attached hydrogen (secondary N) is 7. The van der Waals surface area contributed by atoms with Crippen LogP contribution in [0, 0.1) is 0 Å². The molecule has 0 spiro atoms. The fourth-order valence-electron chi connectivity index (χ4n) is 5.06. The van der Waals surface area contributed by atoms with Gasteiger partial charge >= 0.3 is 23.9 Å². The number of carboxylic acids is 4. The van der Waals surface area contributed by atoms with Crippen LogP contribution in [0.15, 0.2) is 24.3 Å². The molecule has 1 aromatic rings. The highest BCUT2D eigenvalue weighted by Crippen LogP contribution is 2.12. The predicted molar refractivity (Wildman–Crippen MR) is 205 cm³/mol. The number of aliphatic hydroxyl groups excluding tert-OH is 1. The summed E-state index contributed by atoms with van der Waals surface area (Å²) < 4.78 is 0. The SMILES string of the molecule is C[C@H](N)C(=O)N[C@@H](CCC(=O)O)C(=O)N[C@@H](CO)C(=O)N[C@@H](CC(N)=O)C(=O)N[C@@H](CCC(=O)O)C(=O)N[C@@H](CC(=O)O)C(=O)NCC(=O)N[C@@H](Cc1ccc(O)cc1)C(=O)O. The van der Waals surface area contributed by atoms with Gasteiger partial charge in [0, 0.05) is 19.3 Å². The van der Waals surface area contributed by atoms with Gasteiger partial charge in [-0.25, -0.2) is 4.79 Å². The van der Waals surface area contributed by atoms with Gasteiger partial charge in [0.25, 0.3) is 0 Å². The predicted octanol–water partition coefficient (Wildman–Crippen LogP) is -6.54. The van der Waals surface area contributed by atoms with Gasteiger partial charge in [0.15, 0.2) is 0 Å². The molecule has 1 aromatic carbocycles. The number of aliphatic carboxylic acids is 4. The Morgan fingerprint density at radius 3 is 1.44 bits per heavy atom. The molecule has 342 valence electrons. The van der Waals surface area contributed by atoms with E-state index < -0.39 is 165 Å². The standard InChI is InChI=1S/C35H49N9O18/c1-15(36)29(55)40-18(6-8-26(49)50)32(58)44-23(14-45)34(60)42-20(11-24(37)47)33(59)41-19(7-9-27(51)52)31(57)43-21(12-28(53)54)30(56)38-13-25(48)39-22(35(61)62)10-16-2-4-17(46)5-3-16/h2-5,15,18-23,45-46H,6-14,36H2,1H3,(H2,37,47)(H,38,56)(H,39,48)(H,40,55)(H,41,59)(H,42,60)(H,43,57)(H,44,58)(H,49,50)(H,51,52)(H,53,54)(H,61,62)/t15-,18-,19-,20-,21-,22-,23-/m0/s1. The lowest BCUT2D eigenvalue weighted by molar-refractivity contribution is -0.142. The summed E-state index contributed by atoms with van der Waals surface area (Å²) in [4.78, 5) is 148. The Morgan fingerprint density at radius 2 is 1.00 bits per heavy atom. The molecule has 27 nitrogen and oxygen atoms in total. The van der Waals surface area contributed by atoms with Crippen molar-refractivity contribution in [3.63, 3.8) is 0 Å². The van der Waals surface area contributed by atoms with Crippen molar-refractivity contribution < 1.29 is 88.2 Å². The minimum atomic E-state index is -2.01. The number of carbonyl (C=O) groups is 12. The van der Waals surface area contributed by atoms with Crippen molar-refractivity contribution in [3.05, 3.63) is 29.8 Å². The fourth-order valence-corrected chi connectivity index (χ4v) is 5.06. The number of phenols is 1. The highest BCUT2D eigenvalue weighted by Gasteiger charge is 2.34. The molecule has 0 aliphatic rings. The number of rotatable bonds is 28. The third kappa shape index (κ3) is 20.0. The molecular formula is C35H49N9O18. The van der Waals surface area contributed by atoms with Crippen molar-refractivity contribution in [1.82, 2.24) is 37.2 Å². The van der Waals surface area contributed by atoms with Crippen LogP contribution in [0.2, 0.25) is 0 Å². The summed E-state index contributed by atoms with van der Waals surface area (Å²) >= 11 is 0. The number of hydrogen-bond acceptors (Lipinski definition) is 15. The molecule has 7 atom stereocenters. The molecule has 0 aliphatic heterocycles. The maximum atomic E-state index is 13.4. The van der Waals surface area contributed by atoms with Crippen LogP contribution in [0.5, 0.6) is 5.75 Å². The summed E-state index contributed by atoms with van der Waals surface area (Å²) in [6.07, 6.45) is -5.10. The summed E-state index contributed by atoms with van der Waals surface area (Å²) in [6, 6.07) is -6.78. The number of phenolic OH excluding ortho intramolecular Hbond substituents is 1. The number of amides is 8. The quantitative estimate of drug-likeness (QED) is 0.0372. The second-order valence-electron chi connectivity index (χ2n) is 13.5. The van der Waals surface area contributed by atoms with Crippen LogP contribution in [-0.2, 0) is 64.0 Å². The number of nitrogens with two attached hydrogens (primary N) is 2. The number of hydrogen-bond donors (Lipinski definition) is 15. The molecule has 0 aromatic heterocycles. The van der Waals surface area contributed by atoms with Gasteiger partial charge in [0.05, 0.1) is 32.0 Å². The first-order chi connectivity index (χ1) is 28.9. The zero-order valence-corrected chi connectivity index (χ0v) is 33.0. The largest absolute Gasteiger partial charge is 0.508 e. The van der Waals surface area contributed by atoms with E-state index in [9.17, 15) is 83.1 Å². The van der Waals surface area contributed by atoms with Crippen molar-refractivity contribution in [2.24, 2.45) is 11.5 Å². The summed E-state index contributed by atoms with van der Waals surface area (Å²) in [6.45, 7) is -0.851. The Labute approximate surface area is 350 Å². The van der Waals surface area contributed by atoms with Gasteiger partial charge in [-0.05, 0) is 37.5 Å². The number of benzene rings is 1. The van der Waals surface area contributed by atoms with Crippen LogP contribution >= 0.6 is 0 Å². The molecule has 0 aliphatic carbocycles. The lowest BCUT2D eigenvalue weighted by Crippen LogP contribution is -2.60. The molecule has 0 fully saturated rings. The van der Waals surface area contributed by atoms with E-state index in [2.05, 4.69) is 10.6 Å². The van der Waals surface area contributed by atoms with Crippen molar-refractivity contribution in [2.75, 3.05) is 13.2 Å². The number of carboxylic acid groups (broad SMARTS) is 4. The number of carbonyl (C=O) groups excluding carboxylic acids is 8. The van der Waals surface area contributed by atoms with Gasteiger partial charge < -0.3 is 79.3 Å². The highest BCUT2D eigenvalue weighted by molar-refractivity contribution is 5.99. The molecule has 1 rings (SSSR count). The molecule has 27 heteroatoms. The fraction of sp³-hybridized carbons (Fsp3) is 0.486.